The highest BCUT2D eigenvalue weighted by molar-refractivity contribution is 5.80. The molecule has 1 rings (SSSR count). The Labute approximate surface area is 158 Å². The van der Waals surface area contributed by atoms with Crippen LogP contribution in [-0.4, -0.2) is 31.3 Å². The maximum Gasteiger partial charge on any atom is 0.323 e. The second-order valence-corrected chi connectivity index (χ2v) is 6.39. The molecule has 0 spiro atoms. The number of rotatable bonds is 9. The molecule has 0 aliphatic heterocycles. The lowest BCUT2D eigenvalue weighted by atomic mass is 9.93. The third kappa shape index (κ3) is 5.40. The van der Waals surface area contributed by atoms with Crippen molar-refractivity contribution in [1.82, 2.24) is 0 Å². The van der Waals surface area contributed by atoms with Crippen molar-refractivity contribution in [2.75, 3.05) is 13.2 Å². The van der Waals surface area contributed by atoms with Crippen LogP contribution in [0.5, 0.6) is 5.75 Å². The molecular formula is C18H21F5O5. The standard InChI is InChI=1S/C18H21F5O5/c1-5-9(3)26-7-18(4,8-27-10(24)6-2)17(25)28-16-14(22)12(20)11(19)13(21)15(16)23/h9H,5-8H2,1-4H3. The van der Waals surface area contributed by atoms with Gasteiger partial charge in [-0.1, -0.05) is 13.8 Å². The first-order valence-corrected chi connectivity index (χ1v) is 8.49. The van der Waals surface area contributed by atoms with Crippen LogP contribution in [0, 0.1) is 34.5 Å². The Kier molecular flexibility index (Phi) is 8.34. The fraction of sp³-hybridized carbons (Fsp3) is 0.556. The highest BCUT2D eigenvalue weighted by Gasteiger charge is 2.40. The van der Waals surface area contributed by atoms with Gasteiger partial charge in [0.2, 0.25) is 34.8 Å². The third-order valence-corrected chi connectivity index (χ3v) is 3.96. The minimum absolute atomic E-state index is 0.00497. The largest absolute Gasteiger partial charge is 0.464 e. The van der Waals surface area contributed by atoms with Crippen LogP contribution in [0.15, 0.2) is 0 Å². The number of carbonyl (C=O) groups excluding carboxylic acids is 2. The van der Waals surface area contributed by atoms with E-state index in [0.29, 0.717) is 6.42 Å². The summed E-state index contributed by atoms with van der Waals surface area (Å²) in [5.74, 6) is -15.3. The van der Waals surface area contributed by atoms with E-state index in [1.807, 2.05) is 0 Å². The first-order chi connectivity index (χ1) is 13.0. The van der Waals surface area contributed by atoms with Crippen molar-refractivity contribution in [2.45, 2.75) is 46.6 Å². The van der Waals surface area contributed by atoms with Gasteiger partial charge in [0.1, 0.15) is 12.0 Å². The molecule has 0 N–H and O–H groups in total. The molecule has 158 valence electrons. The lowest BCUT2D eigenvalue weighted by Crippen LogP contribution is -2.42. The van der Waals surface area contributed by atoms with Gasteiger partial charge in [0.25, 0.3) is 0 Å². The fourth-order valence-corrected chi connectivity index (χ4v) is 1.84. The van der Waals surface area contributed by atoms with Gasteiger partial charge in [-0.25, -0.2) is 13.2 Å². The van der Waals surface area contributed by atoms with Gasteiger partial charge in [0, 0.05) is 6.42 Å². The summed E-state index contributed by atoms with van der Waals surface area (Å²) in [7, 11) is 0. The molecule has 0 saturated heterocycles. The van der Waals surface area contributed by atoms with Crippen molar-refractivity contribution in [1.29, 1.82) is 0 Å². The highest BCUT2D eigenvalue weighted by atomic mass is 19.2. The fourth-order valence-electron chi connectivity index (χ4n) is 1.84. The topological polar surface area (TPSA) is 61.8 Å². The van der Waals surface area contributed by atoms with Crippen LogP contribution in [0.1, 0.15) is 40.5 Å². The number of halogens is 5. The Morgan fingerprint density at radius 1 is 0.929 bits per heavy atom. The van der Waals surface area contributed by atoms with Crippen LogP contribution >= 0.6 is 0 Å². The molecule has 0 radical (unpaired) electrons. The van der Waals surface area contributed by atoms with Crippen molar-refractivity contribution >= 4 is 11.9 Å². The van der Waals surface area contributed by atoms with Crippen LogP contribution < -0.4 is 4.74 Å². The zero-order valence-corrected chi connectivity index (χ0v) is 15.8. The molecule has 0 saturated carbocycles. The second kappa shape index (κ2) is 9.81. The Bertz CT molecular complexity index is 711. The van der Waals surface area contributed by atoms with Crippen LogP contribution in [0.2, 0.25) is 0 Å². The molecule has 1 aromatic carbocycles. The van der Waals surface area contributed by atoms with E-state index in [1.54, 1.807) is 13.8 Å². The molecule has 2 atom stereocenters. The van der Waals surface area contributed by atoms with E-state index in [-0.39, 0.29) is 19.1 Å². The zero-order chi connectivity index (χ0) is 21.6. The molecule has 0 fully saturated rings. The molecule has 2 unspecified atom stereocenters. The Morgan fingerprint density at radius 3 is 1.89 bits per heavy atom. The molecule has 0 aliphatic carbocycles. The Balaban J connectivity index is 3.17. The molecule has 0 bridgehead atoms. The summed E-state index contributed by atoms with van der Waals surface area (Å²) in [5.41, 5.74) is -1.76. The molecule has 5 nitrogen and oxygen atoms in total. The van der Waals surface area contributed by atoms with E-state index in [0.717, 1.165) is 0 Å². The monoisotopic (exact) mass is 412 g/mol. The maximum atomic E-state index is 13.8. The number of benzene rings is 1. The van der Waals surface area contributed by atoms with Gasteiger partial charge in [0.15, 0.2) is 0 Å². The number of hydrogen-bond acceptors (Lipinski definition) is 5. The molecule has 0 aliphatic rings. The van der Waals surface area contributed by atoms with Crippen molar-refractivity contribution < 1.29 is 45.8 Å². The first kappa shape index (κ1) is 23.8. The van der Waals surface area contributed by atoms with Gasteiger partial charge in [-0.05, 0) is 20.3 Å². The number of ether oxygens (including phenoxy) is 3. The number of carbonyl (C=O) groups is 2. The maximum absolute atomic E-state index is 13.8. The van der Waals surface area contributed by atoms with Gasteiger partial charge in [0.05, 0.1) is 12.7 Å². The quantitative estimate of drug-likeness (QED) is 0.201. The van der Waals surface area contributed by atoms with Crippen molar-refractivity contribution in [3.63, 3.8) is 0 Å². The predicted octanol–water partition coefficient (Wildman–Crippen LogP) is 4.06. The molecule has 10 heteroatoms. The van der Waals surface area contributed by atoms with E-state index >= 15 is 0 Å². The zero-order valence-electron chi connectivity index (χ0n) is 15.8. The van der Waals surface area contributed by atoms with E-state index in [4.69, 9.17) is 9.47 Å². The SMILES string of the molecule is CCC(=O)OCC(C)(COC(C)CC)C(=O)Oc1c(F)c(F)c(F)c(F)c1F. The molecule has 0 aromatic heterocycles. The number of hydrogen-bond donors (Lipinski definition) is 0. The van der Waals surface area contributed by atoms with Crippen LogP contribution in [0.4, 0.5) is 22.0 Å². The summed E-state index contributed by atoms with van der Waals surface area (Å²) in [5, 5.41) is 0. The summed E-state index contributed by atoms with van der Waals surface area (Å²) in [6.07, 6.45) is 0.246. The van der Waals surface area contributed by atoms with Crippen molar-refractivity contribution in [3.8, 4) is 5.75 Å². The van der Waals surface area contributed by atoms with E-state index in [2.05, 4.69) is 4.74 Å². The molecule has 0 heterocycles. The Hall–Kier alpha value is -2.23. The van der Waals surface area contributed by atoms with Gasteiger partial charge in [-0.2, -0.15) is 8.78 Å². The molecule has 28 heavy (non-hydrogen) atoms. The van der Waals surface area contributed by atoms with Crippen LogP contribution in [-0.2, 0) is 19.1 Å². The summed E-state index contributed by atoms with van der Waals surface area (Å²) < 4.78 is 82.1. The van der Waals surface area contributed by atoms with E-state index in [1.165, 1.54) is 13.8 Å². The van der Waals surface area contributed by atoms with Gasteiger partial charge in [-0.15, -0.1) is 0 Å². The van der Waals surface area contributed by atoms with Gasteiger partial charge >= 0.3 is 11.9 Å². The highest BCUT2D eigenvalue weighted by Crippen LogP contribution is 2.31. The lowest BCUT2D eigenvalue weighted by molar-refractivity contribution is -0.161. The second-order valence-electron chi connectivity index (χ2n) is 6.39. The lowest BCUT2D eigenvalue weighted by Gasteiger charge is -2.28. The first-order valence-electron chi connectivity index (χ1n) is 8.49. The van der Waals surface area contributed by atoms with E-state index < -0.39 is 58.8 Å². The average Bonchev–Trinajstić information content (AvgIpc) is 2.69. The molecular weight excluding hydrogens is 391 g/mol. The Morgan fingerprint density at radius 2 is 1.43 bits per heavy atom. The number of esters is 2. The van der Waals surface area contributed by atoms with Crippen LogP contribution in [0.3, 0.4) is 0 Å². The van der Waals surface area contributed by atoms with E-state index in [9.17, 15) is 31.5 Å². The molecule has 1 aromatic rings. The third-order valence-electron chi connectivity index (χ3n) is 3.96. The summed E-state index contributed by atoms with van der Waals surface area (Å²) >= 11 is 0. The normalized spacial score (nSPS) is 14.3. The molecule has 0 amide bonds. The average molecular weight is 412 g/mol. The minimum atomic E-state index is -2.38. The summed E-state index contributed by atoms with van der Waals surface area (Å²) in [4.78, 5) is 23.9. The van der Waals surface area contributed by atoms with Crippen molar-refractivity contribution in [3.05, 3.63) is 29.1 Å². The summed E-state index contributed by atoms with van der Waals surface area (Å²) in [6, 6.07) is 0. The van der Waals surface area contributed by atoms with Gasteiger partial charge < -0.3 is 14.2 Å². The van der Waals surface area contributed by atoms with Crippen molar-refractivity contribution in [2.24, 2.45) is 5.41 Å². The summed E-state index contributed by atoms with van der Waals surface area (Å²) in [6.45, 7) is 5.24. The van der Waals surface area contributed by atoms with Gasteiger partial charge in [-0.3, -0.25) is 9.59 Å². The smallest absolute Gasteiger partial charge is 0.323 e. The predicted molar refractivity (Wildman–Crippen MR) is 86.9 cm³/mol. The minimum Gasteiger partial charge on any atom is -0.464 e. The van der Waals surface area contributed by atoms with Crippen LogP contribution in [0.25, 0.3) is 0 Å².